The van der Waals surface area contributed by atoms with E-state index < -0.39 is 0 Å². The van der Waals surface area contributed by atoms with Gasteiger partial charge in [-0.15, -0.1) is 23.7 Å². The number of hydrogen-bond donors (Lipinski definition) is 1. The van der Waals surface area contributed by atoms with Crippen molar-refractivity contribution in [2.45, 2.75) is 6.42 Å². The summed E-state index contributed by atoms with van der Waals surface area (Å²) >= 11 is 3.15. The van der Waals surface area contributed by atoms with Crippen molar-refractivity contribution in [1.29, 1.82) is 0 Å². The van der Waals surface area contributed by atoms with Crippen molar-refractivity contribution >= 4 is 46.2 Å². The lowest BCUT2D eigenvalue weighted by molar-refractivity contribution is 0.181. The average Bonchev–Trinajstić information content (AvgIpc) is 2.88. The fraction of sp³-hybridized carbons (Fsp3) is 0.273. The van der Waals surface area contributed by atoms with E-state index in [9.17, 15) is 4.79 Å². The fourth-order valence-corrected chi connectivity index (χ4v) is 2.17. The summed E-state index contributed by atoms with van der Waals surface area (Å²) in [6.07, 6.45) is 2.79. The SMILES string of the molecule is Cl.O=C(Nc1nccs1)N1CCC1.c1ccsc1. The van der Waals surface area contributed by atoms with Crippen LogP contribution in [-0.2, 0) is 0 Å². The van der Waals surface area contributed by atoms with E-state index in [1.165, 1.54) is 11.3 Å². The molecule has 1 aliphatic heterocycles. The summed E-state index contributed by atoms with van der Waals surface area (Å²) in [5.74, 6) is 0. The Morgan fingerprint density at radius 2 is 2.00 bits per heavy atom. The number of thiazole rings is 1. The largest absolute Gasteiger partial charge is 0.324 e. The van der Waals surface area contributed by atoms with Crippen LogP contribution in [-0.4, -0.2) is 29.0 Å². The molecule has 2 amide bonds. The van der Waals surface area contributed by atoms with E-state index in [4.69, 9.17) is 0 Å². The quantitative estimate of drug-likeness (QED) is 0.875. The normalized spacial score (nSPS) is 12.6. The van der Waals surface area contributed by atoms with Gasteiger partial charge in [0.05, 0.1) is 0 Å². The molecule has 0 unspecified atom stereocenters. The van der Waals surface area contributed by atoms with Gasteiger partial charge in [0.15, 0.2) is 5.13 Å². The number of nitrogens with one attached hydrogen (secondary N) is 1. The molecule has 0 spiro atoms. The first-order valence-corrected chi connectivity index (χ1v) is 7.11. The van der Waals surface area contributed by atoms with Crippen LogP contribution in [0.1, 0.15) is 6.42 Å². The highest BCUT2D eigenvalue weighted by Crippen LogP contribution is 2.13. The number of amides is 2. The Balaban J connectivity index is 0.000000230. The lowest BCUT2D eigenvalue weighted by Crippen LogP contribution is -2.44. The second kappa shape index (κ2) is 8.07. The Hall–Kier alpha value is -1.11. The number of urea groups is 1. The third-order valence-corrected chi connectivity index (χ3v) is 3.53. The van der Waals surface area contributed by atoms with Gasteiger partial charge in [-0.3, -0.25) is 5.32 Å². The van der Waals surface area contributed by atoms with E-state index >= 15 is 0 Å². The molecule has 98 valence electrons. The van der Waals surface area contributed by atoms with Crippen molar-refractivity contribution in [3.63, 3.8) is 0 Å². The molecule has 4 nitrogen and oxygen atoms in total. The summed E-state index contributed by atoms with van der Waals surface area (Å²) in [6, 6.07) is 4.01. The van der Waals surface area contributed by atoms with Gasteiger partial charge in [-0.1, -0.05) is 12.1 Å². The summed E-state index contributed by atoms with van der Waals surface area (Å²) < 4.78 is 0. The molecule has 0 aromatic carbocycles. The van der Waals surface area contributed by atoms with Gasteiger partial charge in [0.1, 0.15) is 0 Å². The van der Waals surface area contributed by atoms with Gasteiger partial charge in [0.2, 0.25) is 0 Å². The number of thiophene rings is 1. The van der Waals surface area contributed by atoms with Gasteiger partial charge in [-0.25, -0.2) is 9.78 Å². The van der Waals surface area contributed by atoms with Gasteiger partial charge in [-0.2, -0.15) is 11.3 Å². The van der Waals surface area contributed by atoms with Crippen molar-refractivity contribution in [2.75, 3.05) is 18.4 Å². The maximum absolute atomic E-state index is 11.3. The maximum atomic E-state index is 11.3. The van der Waals surface area contributed by atoms with Crippen LogP contribution in [0.3, 0.4) is 0 Å². The lowest BCUT2D eigenvalue weighted by Gasteiger charge is -2.30. The molecule has 1 aliphatic rings. The van der Waals surface area contributed by atoms with Crippen LogP contribution < -0.4 is 5.32 Å². The van der Waals surface area contributed by atoms with Gasteiger partial charge in [0.25, 0.3) is 0 Å². The Morgan fingerprint density at radius 1 is 1.28 bits per heavy atom. The van der Waals surface area contributed by atoms with Crippen LogP contribution in [0, 0.1) is 0 Å². The van der Waals surface area contributed by atoms with E-state index in [1.807, 2.05) is 28.3 Å². The first-order chi connectivity index (χ1) is 8.36. The van der Waals surface area contributed by atoms with Crippen LogP contribution in [0.15, 0.2) is 34.5 Å². The van der Waals surface area contributed by atoms with E-state index in [2.05, 4.69) is 10.3 Å². The number of hydrogen-bond acceptors (Lipinski definition) is 4. The number of likely N-dealkylation sites (tertiary alicyclic amines) is 1. The van der Waals surface area contributed by atoms with Crippen LogP contribution in [0.4, 0.5) is 9.93 Å². The van der Waals surface area contributed by atoms with Crippen LogP contribution in [0.5, 0.6) is 0 Å². The second-order valence-electron chi connectivity index (χ2n) is 3.40. The molecule has 2 aromatic rings. The monoisotopic (exact) mass is 303 g/mol. The number of rotatable bonds is 1. The molecule has 18 heavy (non-hydrogen) atoms. The number of aromatic nitrogens is 1. The number of halogens is 1. The highest BCUT2D eigenvalue weighted by Gasteiger charge is 2.20. The molecule has 3 heterocycles. The minimum Gasteiger partial charge on any atom is -0.324 e. The standard InChI is InChI=1S/C7H9N3OS.C4H4S.ClH/c11-7(10-3-1-4-10)9-6-8-2-5-12-6;1-2-4-5-3-1;/h2,5H,1,3-4H2,(H,8,9,11);1-4H;1H. The highest BCUT2D eigenvalue weighted by atomic mass is 35.5. The van der Waals surface area contributed by atoms with Gasteiger partial charge >= 0.3 is 6.03 Å². The molecule has 1 N–H and O–H groups in total. The smallest absolute Gasteiger partial charge is 0.323 e. The van der Waals surface area contributed by atoms with Crippen molar-refractivity contribution in [1.82, 2.24) is 9.88 Å². The molecular formula is C11H14ClN3OS2. The van der Waals surface area contributed by atoms with Crippen molar-refractivity contribution in [2.24, 2.45) is 0 Å². The summed E-state index contributed by atoms with van der Waals surface area (Å²) in [4.78, 5) is 17.0. The number of carbonyl (C=O) groups is 1. The van der Waals surface area contributed by atoms with Gasteiger partial charge in [-0.05, 0) is 17.2 Å². The predicted molar refractivity (Wildman–Crippen MR) is 78.9 cm³/mol. The molecule has 7 heteroatoms. The van der Waals surface area contributed by atoms with Crippen molar-refractivity contribution in [3.05, 3.63) is 34.5 Å². The minimum absolute atomic E-state index is 0. The summed E-state index contributed by atoms with van der Waals surface area (Å²) in [6.45, 7) is 1.74. The Morgan fingerprint density at radius 3 is 2.39 bits per heavy atom. The number of nitrogens with zero attached hydrogens (tertiary/aromatic N) is 2. The second-order valence-corrected chi connectivity index (χ2v) is 5.11. The van der Waals surface area contributed by atoms with E-state index in [0.29, 0.717) is 5.13 Å². The zero-order valence-corrected chi connectivity index (χ0v) is 12.1. The molecule has 0 radical (unpaired) electrons. The molecule has 2 aromatic heterocycles. The van der Waals surface area contributed by atoms with Gasteiger partial charge in [0, 0.05) is 24.7 Å². The van der Waals surface area contributed by atoms with Crippen LogP contribution in [0.2, 0.25) is 0 Å². The van der Waals surface area contributed by atoms with Crippen LogP contribution >= 0.6 is 35.1 Å². The molecule has 0 bridgehead atoms. The Kier molecular flexibility index (Phi) is 6.70. The molecule has 3 rings (SSSR count). The topological polar surface area (TPSA) is 45.2 Å². The van der Waals surface area contributed by atoms with E-state index in [0.717, 1.165) is 19.5 Å². The predicted octanol–water partition coefficient (Wildman–Crippen LogP) is 3.55. The molecule has 0 atom stereocenters. The van der Waals surface area contributed by atoms with Crippen molar-refractivity contribution in [3.8, 4) is 0 Å². The Bertz CT molecular complexity index is 412. The molecular weight excluding hydrogens is 290 g/mol. The summed E-state index contributed by atoms with van der Waals surface area (Å²) in [5, 5.41) is 9.31. The lowest BCUT2D eigenvalue weighted by atomic mass is 10.2. The molecule has 1 saturated heterocycles. The van der Waals surface area contributed by atoms with E-state index in [-0.39, 0.29) is 18.4 Å². The summed E-state index contributed by atoms with van der Waals surface area (Å²) in [5.41, 5.74) is 0. The number of anilines is 1. The molecule has 0 saturated carbocycles. The molecule has 1 fully saturated rings. The minimum atomic E-state index is -0.0313. The third kappa shape index (κ3) is 4.64. The first-order valence-electron chi connectivity index (χ1n) is 5.29. The zero-order chi connectivity index (χ0) is 11.9. The molecule has 0 aliphatic carbocycles. The zero-order valence-electron chi connectivity index (χ0n) is 9.61. The third-order valence-electron chi connectivity index (χ3n) is 2.21. The number of carbonyl (C=O) groups excluding carboxylic acids is 1. The van der Waals surface area contributed by atoms with Gasteiger partial charge < -0.3 is 4.90 Å². The van der Waals surface area contributed by atoms with E-state index in [1.54, 1.807) is 22.4 Å². The fourth-order valence-electron chi connectivity index (χ4n) is 1.20. The highest BCUT2D eigenvalue weighted by molar-refractivity contribution is 7.13. The van der Waals surface area contributed by atoms with Crippen LogP contribution in [0.25, 0.3) is 0 Å². The summed E-state index contributed by atoms with van der Waals surface area (Å²) in [7, 11) is 0. The first kappa shape index (κ1) is 14.9. The Labute approximate surface area is 120 Å². The van der Waals surface area contributed by atoms with Crippen molar-refractivity contribution < 1.29 is 4.79 Å². The average molecular weight is 304 g/mol. The maximum Gasteiger partial charge on any atom is 0.323 e.